The summed E-state index contributed by atoms with van der Waals surface area (Å²) < 4.78 is 32.6. The van der Waals surface area contributed by atoms with Crippen molar-refractivity contribution in [2.24, 2.45) is 0 Å². The molecule has 11 aromatic rings. The number of para-hydroxylation sites is 2. The molecule has 0 N–H and O–H groups in total. The second kappa shape index (κ2) is 17.5. The van der Waals surface area contributed by atoms with E-state index in [0.717, 1.165) is 56.4 Å². The third-order valence-corrected chi connectivity index (χ3v) is 12.3. The Labute approximate surface area is 382 Å². The summed E-state index contributed by atoms with van der Waals surface area (Å²) in [5.74, 6) is -0.869. The second-order valence-corrected chi connectivity index (χ2v) is 16.4. The fourth-order valence-corrected chi connectivity index (χ4v) is 9.04. The monoisotopic (exact) mass is 852 g/mol. The van der Waals surface area contributed by atoms with Gasteiger partial charge >= 0.3 is 0 Å². The molecule has 0 unspecified atom stereocenters. The fourth-order valence-electron chi connectivity index (χ4n) is 9.04. The first-order valence-electron chi connectivity index (χ1n) is 22.1. The van der Waals surface area contributed by atoms with E-state index >= 15 is 8.78 Å². The zero-order chi connectivity index (χ0) is 44.4. The summed E-state index contributed by atoms with van der Waals surface area (Å²) in [6.45, 7) is 0. The maximum Gasteiger partial charge on any atom is 0.139 e. The van der Waals surface area contributed by atoms with Gasteiger partial charge in [-0.15, -0.1) is 0 Å². The molecule has 0 heterocycles. The van der Waals surface area contributed by atoms with Gasteiger partial charge in [0.05, 0.1) is 11.4 Å². The van der Waals surface area contributed by atoms with Gasteiger partial charge in [0, 0.05) is 55.1 Å². The number of rotatable bonds is 10. The van der Waals surface area contributed by atoms with Crippen molar-refractivity contribution in [2.45, 2.75) is 0 Å². The first-order chi connectivity index (χ1) is 32.6. The van der Waals surface area contributed by atoms with Gasteiger partial charge in [-0.3, -0.25) is 0 Å². The quantitative estimate of drug-likeness (QED) is 0.0999. The fraction of sp³-hybridized carbons (Fsp3) is 0. The summed E-state index contributed by atoms with van der Waals surface area (Å²) >= 11 is 0. The Hall–Kier alpha value is -8.60. The average molecular weight is 853 g/mol. The number of benzene rings is 11. The van der Waals surface area contributed by atoms with E-state index < -0.39 is 11.6 Å². The molecule has 0 atom stereocenters. The van der Waals surface area contributed by atoms with E-state index in [9.17, 15) is 0 Å². The van der Waals surface area contributed by atoms with Crippen LogP contribution in [0.5, 0.6) is 0 Å². The number of fused-ring (bicyclic) bond motifs is 4. The number of nitrogens with zero attached hydrogens (tertiary/aromatic N) is 2. The van der Waals surface area contributed by atoms with Crippen molar-refractivity contribution < 1.29 is 8.78 Å². The van der Waals surface area contributed by atoms with Gasteiger partial charge in [-0.05, 0) is 106 Å². The minimum atomic E-state index is -0.435. The molecule has 66 heavy (non-hydrogen) atoms. The molecular weight excluding hydrogens is 811 g/mol. The molecule has 11 aromatic carbocycles. The van der Waals surface area contributed by atoms with E-state index in [4.69, 9.17) is 0 Å². The highest BCUT2D eigenvalue weighted by atomic mass is 19.1. The Balaban J connectivity index is 0.838. The van der Waals surface area contributed by atoms with E-state index in [1.54, 1.807) is 24.3 Å². The van der Waals surface area contributed by atoms with Gasteiger partial charge in [0.25, 0.3) is 0 Å². The predicted octanol–water partition coefficient (Wildman–Crippen LogP) is 17.9. The van der Waals surface area contributed by atoms with Crippen LogP contribution in [-0.2, 0) is 0 Å². The van der Waals surface area contributed by atoms with Crippen LogP contribution in [0.3, 0.4) is 0 Å². The summed E-state index contributed by atoms with van der Waals surface area (Å²) in [6, 6.07) is 77.6. The molecule has 0 saturated heterocycles. The zero-order valence-electron chi connectivity index (χ0n) is 35.9. The molecule has 0 radical (unpaired) electrons. The molecule has 0 aliphatic carbocycles. The van der Waals surface area contributed by atoms with Crippen molar-refractivity contribution in [3.63, 3.8) is 0 Å². The SMILES string of the molecule is Fc1c2ccc(C=Cc3ccc(N(c4ccccc4)c4cccc5ccccc45)cc3)cc2c(F)c2ccc(C=Cc3ccc(N(c4ccccc4)c4cccc5ccccc45)cc3)cc12. The topological polar surface area (TPSA) is 6.48 Å². The minimum Gasteiger partial charge on any atom is -0.310 e. The Morgan fingerprint density at radius 2 is 0.591 bits per heavy atom. The summed E-state index contributed by atoms with van der Waals surface area (Å²) in [4.78, 5) is 4.54. The number of hydrogen-bond donors (Lipinski definition) is 0. The number of halogens is 2. The van der Waals surface area contributed by atoms with Gasteiger partial charge in [-0.1, -0.05) is 182 Å². The Kier molecular flexibility index (Phi) is 10.7. The highest BCUT2D eigenvalue weighted by Crippen LogP contribution is 2.41. The Morgan fingerprint density at radius 1 is 0.258 bits per heavy atom. The third kappa shape index (κ3) is 7.75. The molecule has 0 spiro atoms. The van der Waals surface area contributed by atoms with Crippen molar-refractivity contribution in [3.8, 4) is 0 Å². The molecule has 0 amide bonds. The standard InChI is InChI=1S/C62H42F2N2/c63-61-56-40-34-46(28-26-44-31-37-52(38-32-44)66(50-19-5-2-6-20-50)60-24-12-16-48-14-8-10-22-54(48)60)42-58(56)62(64)55-39-33-45(41-57(55)61)27-25-43-29-35-51(36-30-43)65(49-17-3-1-4-18-49)59-23-11-15-47-13-7-9-21-53(47)59/h1-42H. The highest BCUT2D eigenvalue weighted by molar-refractivity contribution is 6.03. The molecule has 11 rings (SSSR count). The number of anilines is 6. The van der Waals surface area contributed by atoms with Gasteiger partial charge in [-0.2, -0.15) is 0 Å². The molecule has 0 fully saturated rings. The lowest BCUT2D eigenvalue weighted by atomic mass is 9.98. The molecule has 0 bridgehead atoms. The van der Waals surface area contributed by atoms with Gasteiger partial charge < -0.3 is 9.80 Å². The van der Waals surface area contributed by atoms with Crippen molar-refractivity contribution in [3.05, 3.63) is 264 Å². The van der Waals surface area contributed by atoms with Crippen LogP contribution in [0.1, 0.15) is 22.3 Å². The lowest BCUT2D eigenvalue weighted by Gasteiger charge is -2.27. The molecule has 0 aliphatic heterocycles. The molecule has 0 aromatic heterocycles. The van der Waals surface area contributed by atoms with Crippen LogP contribution < -0.4 is 9.80 Å². The van der Waals surface area contributed by atoms with E-state index in [1.807, 2.05) is 48.6 Å². The van der Waals surface area contributed by atoms with E-state index in [-0.39, 0.29) is 21.5 Å². The lowest BCUT2D eigenvalue weighted by molar-refractivity contribution is 0.635. The van der Waals surface area contributed by atoms with E-state index in [2.05, 4.69) is 192 Å². The van der Waals surface area contributed by atoms with Gasteiger partial charge in [-0.25, -0.2) is 8.78 Å². The van der Waals surface area contributed by atoms with Crippen LogP contribution in [0.2, 0.25) is 0 Å². The van der Waals surface area contributed by atoms with Crippen LogP contribution in [-0.4, -0.2) is 0 Å². The first kappa shape index (κ1) is 40.2. The highest BCUT2D eigenvalue weighted by Gasteiger charge is 2.18. The Bertz CT molecular complexity index is 3350. The first-order valence-corrected chi connectivity index (χ1v) is 22.1. The summed E-state index contributed by atoms with van der Waals surface area (Å²) in [5.41, 5.74) is 9.91. The third-order valence-electron chi connectivity index (χ3n) is 12.3. The molecule has 0 saturated carbocycles. The van der Waals surface area contributed by atoms with Gasteiger partial charge in [0.1, 0.15) is 11.6 Å². The summed E-state index contributed by atoms with van der Waals surface area (Å²) in [6.07, 6.45) is 7.89. The van der Waals surface area contributed by atoms with Crippen LogP contribution in [0.4, 0.5) is 42.9 Å². The average Bonchev–Trinajstić information content (AvgIpc) is 3.38. The van der Waals surface area contributed by atoms with Crippen LogP contribution in [0.15, 0.2) is 231 Å². The molecule has 0 aliphatic rings. The van der Waals surface area contributed by atoms with Gasteiger partial charge in [0.2, 0.25) is 0 Å². The maximum atomic E-state index is 16.3. The van der Waals surface area contributed by atoms with E-state index in [1.165, 1.54) is 21.5 Å². The lowest BCUT2D eigenvalue weighted by Crippen LogP contribution is -2.10. The van der Waals surface area contributed by atoms with Crippen LogP contribution >= 0.6 is 0 Å². The van der Waals surface area contributed by atoms with Gasteiger partial charge in [0.15, 0.2) is 0 Å². The minimum absolute atomic E-state index is 0.252. The zero-order valence-corrected chi connectivity index (χ0v) is 35.9. The van der Waals surface area contributed by atoms with Crippen LogP contribution in [0.25, 0.3) is 67.4 Å². The summed E-state index contributed by atoms with van der Waals surface area (Å²) in [5, 5.41) is 5.69. The molecule has 4 heteroatoms. The largest absolute Gasteiger partial charge is 0.310 e. The van der Waals surface area contributed by atoms with E-state index in [0.29, 0.717) is 0 Å². The van der Waals surface area contributed by atoms with Crippen molar-refractivity contribution in [2.75, 3.05) is 9.80 Å². The molecule has 314 valence electrons. The van der Waals surface area contributed by atoms with Crippen molar-refractivity contribution in [1.29, 1.82) is 0 Å². The number of hydrogen-bond acceptors (Lipinski definition) is 2. The normalized spacial score (nSPS) is 11.7. The molecular formula is C62H42F2N2. The summed E-state index contributed by atoms with van der Waals surface area (Å²) in [7, 11) is 0. The second-order valence-electron chi connectivity index (χ2n) is 16.4. The maximum absolute atomic E-state index is 16.3. The predicted molar refractivity (Wildman–Crippen MR) is 276 cm³/mol. The van der Waals surface area contributed by atoms with Crippen molar-refractivity contribution in [1.82, 2.24) is 0 Å². The van der Waals surface area contributed by atoms with Crippen molar-refractivity contribution >= 4 is 102 Å². The smallest absolute Gasteiger partial charge is 0.139 e. The van der Waals surface area contributed by atoms with Crippen LogP contribution in [0, 0.1) is 11.6 Å². The Morgan fingerprint density at radius 3 is 1.02 bits per heavy atom. The molecule has 2 nitrogen and oxygen atoms in total.